The number of imidazole rings is 1. The van der Waals surface area contributed by atoms with Crippen LogP contribution in [0, 0.1) is 13.8 Å². The Bertz CT molecular complexity index is 512. The largest absolute Gasteiger partial charge is 0.477 e. The zero-order valence-electron chi connectivity index (χ0n) is 8.24. The molecule has 2 rings (SSSR count). The molecule has 0 saturated carbocycles. The summed E-state index contributed by atoms with van der Waals surface area (Å²) in [5.41, 5.74) is 0.706. The zero-order chi connectivity index (χ0) is 11.0. The molecule has 6 heteroatoms. The van der Waals surface area contributed by atoms with Crippen LogP contribution in [0.2, 0.25) is 0 Å². The van der Waals surface area contributed by atoms with Crippen LogP contribution in [-0.4, -0.2) is 26.0 Å². The molecule has 0 spiro atoms. The zero-order valence-corrected chi connectivity index (χ0v) is 8.24. The van der Waals surface area contributed by atoms with E-state index in [1.165, 1.54) is 6.20 Å². The minimum atomic E-state index is -1.05. The summed E-state index contributed by atoms with van der Waals surface area (Å²) >= 11 is 0. The van der Waals surface area contributed by atoms with E-state index in [0.29, 0.717) is 23.2 Å². The van der Waals surface area contributed by atoms with Gasteiger partial charge in [-0.05, 0) is 6.92 Å². The number of rotatable bonds is 2. The first kappa shape index (κ1) is 9.45. The summed E-state index contributed by atoms with van der Waals surface area (Å²) in [6.45, 7) is 3.49. The van der Waals surface area contributed by atoms with Crippen LogP contribution in [0.4, 0.5) is 0 Å². The first-order chi connectivity index (χ1) is 7.08. The molecule has 0 amide bonds. The van der Waals surface area contributed by atoms with Crippen LogP contribution < -0.4 is 0 Å². The number of carboxylic acids is 1. The molecule has 0 unspecified atom stereocenters. The number of hydrogen-bond donors (Lipinski definition) is 2. The van der Waals surface area contributed by atoms with E-state index in [2.05, 4.69) is 15.0 Å². The van der Waals surface area contributed by atoms with Crippen LogP contribution in [0.25, 0.3) is 11.6 Å². The lowest BCUT2D eigenvalue weighted by atomic mass is 10.3. The molecule has 0 radical (unpaired) electrons. The van der Waals surface area contributed by atoms with E-state index in [1.807, 2.05) is 0 Å². The van der Waals surface area contributed by atoms with Crippen LogP contribution >= 0.6 is 0 Å². The van der Waals surface area contributed by atoms with Gasteiger partial charge in [0.1, 0.15) is 5.69 Å². The Morgan fingerprint density at radius 1 is 1.53 bits per heavy atom. The average molecular weight is 207 g/mol. The maximum atomic E-state index is 10.6. The van der Waals surface area contributed by atoms with Crippen molar-refractivity contribution in [1.29, 1.82) is 0 Å². The van der Waals surface area contributed by atoms with E-state index in [-0.39, 0.29) is 5.69 Å². The lowest BCUT2D eigenvalue weighted by Gasteiger charge is -1.90. The Morgan fingerprint density at radius 2 is 2.27 bits per heavy atom. The monoisotopic (exact) mass is 207 g/mol. The number of nitrogens with zero attached hydrogens (tertiary/aromatic N) is 2. The number of H-pyrrole nitrogens is 1. The SMILES string of the molecule is Cc1nc(C)c(-c2ncc(C(=O)O)[nH]2)o1. The predicted octanol–water partition coefficient (Wildman–Crippen LogP) is 1.38. The summed E-state index contributed by atoms with van der Waals surface area (Å²) in [5, 5.41) is 8.70. The number of oxazole rings is 1. The molecule has 2 aromatic rings. The molecule has 15 heavy (non-hydrogen) atoms. The van der Waals surface area contributed by atoms with E-state index in [9.17, 15) is 4.79 Å². The number of carboxylic acid groups (broad SMARTS) is 1. The fraction of sp³-hybridized carbons (Fsp3) is 0.222. The van der Waals surface area contributed by atoms with E-state index in [0.717, 1.165) is 0 Å². The van der Waals surface area contributed by atoms with Crippen molar-refractivity contribution in [1.82, 2.24) is 15.0 Å². The molecule has 0 fully saturated rings. The summed E-state index contributed by atoms with van der Waals surface area (Å²) in [6, 6.07) is 0. The maximum Gasteiger partial charge on any atom is 0.353 e. The summed E-state index contributed by atoms with van der Waals surface area (Å²) in [6.07, 6.45) is 1.24. The number of hydrogen-bond acceptors (Lipinski definition) is 4. The van der Waals surface area contributed by atoms with Crippen LogP contribution in [-0.2, 0) is 0 Å². The average Bonchev–Trinajstić information content (AvgIpc) is 2.71. The smallest absolute Gasteiger partial charge is 0.353 e. The van der Waals surface area contributed by atoms with E-state index in [4.69, 9.17) is 9.52 Å². The molecule has 6 nitrogen and oxygen atoms in total. The van der Waals surface area contributed by atoms with Crippen LogP contribution in [0.5, 0.6) is 0 Å². The van der Waals surface area contributed by atoms with Crippen molar-refractivity contribution >= 4 is 5.97 Å². The Kier molecular flexibility index (Phi) is 2.03. The molecule has 78 valence electrons. The van der Waals surface area contributed by atoms with Gasteiger partial charge in [0.15, 0.2) is 17.5 Å². The summed E-state index contributed by atoms with van der Waals surface area (Å²) < 4.78 is 5.30. The van der Waals surface area contributed by atoms with Crippen molar-refractivity contribution in [3.8, 4) is 11.6 Å². The van der Waals surface area contributed by atoms with Gasteiger partial charge in [0.2, 0.25) is 0 Å². The van der Waals surface area contributed by atoms with E-state index >= 15 is 0 Å². The van der Waals surface area contributed by atoms with Gasteiger partial charge < -0.3 is 14.5 Å². The standard InChI is InChI=1S/C9H9N3O3/c1-4-7(15-5(2)11-4)8-10-3-6(12-8)9(13)14/h3H,1-2H3,(H,10,12)(H,13,14). The Labute approximate surface area is 85.0 Å². The Hall–Kier alpha value is -2.11. The van der Waals surface area contributed by atoms with E-state index in [1.54, 1.807) is 13.8 Å². The topological polar surface area (TPSA) is 92.0 Å². The number of carbonyl (C=O) groups is 1. The molecule has 0 aliphatic rings. The fourth-order valence-corrected chi connectivity index (χ4v) is 1.30. The van der Waals surface area contributed by atoms with Crippen molar-refractivity contribution in [3.63, 3.8) is 0 Å². The van der Waals surface area contributed by atoms with Crippen LogP contribution in [0.15, 0.2) is 10.6 Å². The van der Waals surface area contributed by atoms with Crippen molar-refractivity contribution in [2.45, 2.75) is 13.8 Å². The third-order valence-corrected chi connectivity index (χ3v) is 1.92. The molecule has 2 aromatic heterocycles. The third-order valence-electron chi connectivity index (χ3n) is 1.92. The van der Waals surface area contributed by atoms with Gasteiger partial charge in [-0.2, -0.15) is 0 Å². The van der Waals surface area contributed by atoms with Gasteiger partial charge in [0.05, 0.1) is 11.9 Å². The number of aryl methyl sites for hydroxylation is 2. The second-order valence-corrected chi connectivity index (χ2v) is 3.10. The second-order valence-electron chi connectivity index (χ2n) is 3.10. The molecule has 0 saturated heterocycles. The number of aromatic amines is 1. The van der Waals surface area contributed by atoms with Crippen molar-refractivity contribution in [2.24, 2.45) is 0 Å². The minimum Gasteiger partial charge on any atom is -0.477 e. The van der Waals surface area contributed by atoms with Gasteiger partial charge in [-0.25, -0.2) is 14.8 Å². The van der Waals surface area contributed by atoms with Gasteiger partial charge in [-0.1, -0.05) is 0 Å². The molecule has 2 heterocycles. The van der Waals surface area contributed by atoms with Crippen molar-refractivity contribution < 1.29 is 14.3 Å². The third kappa shape index (κ3) is 1.61. The van der Waals surface area contributed by atoms with Gasteiger partial charge in [0.25, 0.3) is 0 Å². The normalized spacial score (nSPS) is 10.5. The summed E-state index contributed by atoms with van der Waals surface area (Å²) in [7, 11) is 0. The van der Waals surface area contributed by atoms with Crippen LogP contribution in [0.3, 0.4) is 0 Å². The molecular weight excluding hydrogens is 198 g/mol. The highest BCUT2D eigenvalue weighted by Crippen LogP contribution is 2.21. The molecule has 0 aliphatic carbocycles. The lowest BCUT2D eigenvalue weighted by Crippen LogP contribution is -1.95. The fourth-order valence-electron chi connectivity index (χ4n) is 1.30. The highest BCUT2D eigenvalue weighted by molar-refractivity contribution is 5.85. The summed E-state index contributed by atoms with van der Waals surface area (Å²) in [4.78, 5) is 21.2. The van der Waals surface area contributed by atoms with Crippen molar-refractivity contribution in [3.05, 3.63) is 23.5 Å². The first-order valence-corrected chi connectivity index (χ1v) is 4.30. The highest BCUT2D eigenvalue weighted by Gasteiger charge is 2.14. The van der Waals surface area contributed by atoms with Gasteiger partial charge >= 0.3 is 5.97 Å². The molecule has 2 N–H and O–H groups in total. The highest BCUT2D eigenvalue weighted by atomic mass is 16.4. The number of aromatic nitrogens is 3. The van der Waals surface area contributed by atoms with Gasteiger partial charge in [0, 0.05) is 6.92 Å². The van der Waals surface area contributed by atoms with Crippen LogP contribution in [0.1, 0.15) is 22.1 Å². The molecular formula is C9H9N3O3. The molecule has 0 aliphatic heterocycles. The Balaban J connectivity index is 2.45. The predicted molar refractivity (Wildman–Crippen MR) is 50.5 cm³/mol. The number of aromatic carboxylic acids is 1. The summed E-state index contributed by atoms with van der Waals surface area (Å²) in [5.74, 6) is 0.323. The quantitative estimate of drug-likeness (QED) is 0.776. The molecule has 0 aromatic carbocycles. The van der Waals surface area contributed by atoms with E-state index < -0.39 is 5.97 Å². The van der Waals surface area contributed by atoms with Gasteiger partial charge in [-0.3, -0.25) is 0 Å². The molecule has 0 atom stereocenters. The van der Waals surface area contributed by atoms with Gasteiger partial charge in [-0.15, -0.1) is 0 Å². The number of nitrogens with one attached hydrogen (secondary N) is 1. The maximum absolute atomic E-state index is 10.6. The lowest BCUT2D eigenvalue weighted by molar-refractivity contribution is 0.0691. The second kappa shape index (κ2) is 3.23. The van der Waals surface area contributed by atoms with Crippen molar-refractivity contribution in [2.75, 3.05) is 0 Å². The first-order valence-electron chi connectivity index (χ1n) is 4.30. The molecule has 0 bridgehead atoms. The minimum absolute atomic E-state index is 0.0263. The Morgan fingerprint density at radius 3 is 2.73 bits per heavy atom.